The molecule has 0 aromatic heterocycles. The molecule has 4 aromatic rings. The van der Waals surface area contributed by atoms with Crippen LogP contribution in [0.5, 0.6) is 0 Å². The molecule has 7 heteroatoms. The first-order valence-electron chi connectivity index (χ1n) is 13.7. The van der Waals surface area contributed by atoms with Crippen molar-refractivity contribution in [2.75, 3.05) is 18.0 Å². The second-order valence-corrected chi connectivity index (χ2v) is 10.9. The van der Waals surface area contributed by atoms with Crippen LogP contribution >= 0.6 is 15.9 Å². The summed E-state index contributed by atoms with van der Waals surface area (Å²) in [6, 6.07) is 28.6. The SMILES string of the molecule is CCNC(=O)[C@H](Cc1ccccc1)N(Cc1cccc(Br)c1)C(=O)CCCN1C(=O)c2cccc3cccc1c23. The number of rotatable bonds is 11. The number of likely N-dealkylation sites (N-methyl/N-ethyl adjacent to an activating group) is 1. The molecular weight excluding hydrogens is 566 g/mol. The zero-order valence-electron chi connectivity index (χ0n) is 22.5. The minimum absolute atomic E-state index is 0.0329. The van der Waals surface area contributed by atoms with Crippen molar-refractivity contribution in [2.24, 2.45) is 0 Å². The third kappa shape index (κ3) is 5.94. The molecule has 0 aliphatic carbocycles. The number of hydrogen-bond donors (Lipinski definition) is 1. The van der Waals surface area contributed by atoms with Gasteiger partial charge in [-0.15, -0.1) is 0 Å². The lowest BCUT2D eigenvalue weighted by Crippen LogP contribution is -2.50. The Hall–Kier alpha value is -3.97. The van der Waals surface area contributed by atoms with Crippen molar-refractivity contribution >= 4 is 50.1 Å². The van der Waals surface area contributed by atoms with Gasteiger partial charge in [-0.05, 0) is 54.1 Å². The average molecular weight is 599 g/mol. The summed E-state index contributed by atoms with van der Waals surface area (Å²) in [5, 5.41) is 4.94. The molecule has 4 aromatic carbocycles. The first-order chi connectivity index (χ1) is 19.5. The Bertz CT molecular complexity index is 1530. The van der Waals surface area contributed by atoms with Gasteiger partial charge in [-0.25, -0.2) is 0 Å². The predicted octanol–water partition coefficient (Wildman–Crippen LogP) is 6.12. The number of amides is 3. The van der Waals surface area contributed by atoms with Crippen LogP contribution in [0, 0.1) is 0 Å². The van der Waals surface area contributed by atoms with Gasteiger partial charge in [-0.3, -0.25) is 14.4 Å². The fraction of sp³-hybridized carbons (Fsp3) is 0.242. The van der Waals surface area contributed by atoms with E-state index in [9.17, 15) is 14.4 Å². The molecule has 6 nitrogen and oxygen atoms in total. The molecule has 0 fully saturated rings. The fourth-order valence-electron chi connectivity index (χ4n) is 5.41. The van der Waals surface area contributed by atoms with E-state index in [-0.39, 0.29) is 24.1 Å². The predicted molar refractivity (Wildman–Crippen MR) is 162 cm³/mol. The van der Waals surface area contributed by atoms with E-state index < -0.39 is 6.04 Å². The molecule has 3 amide bonds. The Kier molecular flexibility index (Phi) is 8.60. The van der Waals surface area contributed by atoms with E-state index >= 15 is 0 Å². The monoisotopic (exact) mass is 597 g/mol. The first kappa shape index (κ1) is 27.6. The fourth-order valence-corrected chi connectivity index (χ4v) is 5.86. The lowest BCUT2D eigenvalue weighted by molar-refractivity contribution is -0.141. The second kappa shape index (κ2) is 12.5. The lowest BCUT2D eigenvalue weighted by atomic mass is 10.0. The van der Waals surface area contributed by atoms with Gasteiger partial charge in [-0.2, -0.15) is 0 Å². The normalized spacial score (nSPS) is 12.9. The molecule has 0 saturated carbocycles. The molecular formula is C33H32BrN3O3. The molecule has 1 aliphatic heterocycles. The summed E-state index contributed by atoms with van der Waals surface area (Å²) >= 11 is 3.52. The highest BCUT2D eigenvalue weighted by molar-refractivity contribution is 9.10. The van der Waals surface area contributed by atoms with Crippen molar-refractivity contribution in [3.8, 4) is 0 Å². The van der Waals surface area contributed by atoms with Gasteiger partial charge >= 0.3 is 0 Å². The number of carbonyl (C=O) groups excluding carboxylic acids is 3. The third-order valence-corrected chi connectivity index (χ3v) is 7.78. The average Bonchev–Trinajstić information content (AvgIpc) is 3.23. The number of benzene rings is 4. The number of halogens is 1. The summed E-state index contributed by atoms with van der Waals surface area (Å²) < 4.78 is 0.913. The molecule has 204 valence electrons. The molecule has 1 atom stereocenters. The van der Waals surface area contributed by atoms with Crippen LogP contribution in [-0.2, 0) is 22.6 Å². The summed E-state index contributed by atoms with van der Waals surface area (Å²) in [5.41, 5.74) is 3.51. The van der Waals surface area contributed by atoms with Gasteiger partial charge in [-0.1, -0.05) is 82.7 Å². The van der Waals surface area contributed by atoms with Crippen LogP contribution in [0.1, 0.15) is 41.3 Å². The van der Waals surface area contributed by atoms with Crippen molar-refractivity contribution in [3.05, 3.63) is 112 Å². The number of carbonyl (C=O) groups is 3. The largest absolute Gasteiger partial charge is 0.355 e. The van der Waals surface area contributed by atoms with Crippen LogP contribution in [0.3, 0.4) is 0 Å². The Balaban J connectivity index is 1.36. The van der Waals surface area contributed by atoms with Crippen molar-refractivity contribution in [2.45, 2.75) is 38.8 Å². The first-order valence-corrected chi connectivity index (χ1v) is 14.4. The smallest absolute Gasteiger partial charge is 0.258 e. The highest BCUT2D eigenvalue weighted by Crippen LogP contribution is 2.37. The molecule has 0 radical (unpaired) electrons. The van der Waals surface area contributed by atoms with E-state index in [1.54, 1.807) is 9.80 Å². The second-order valence-electron chi connectivity index (χ2n) is 9.99. The minimum atomic E-state index is -0.666. The summed E-state index contributed by atoms with van der Waals surface area (Å²) in [6.07, 6.45) is 1.11. The van der Waals surface area contributed by atoms with Gasteiger partial charge < -0.3 is 15.1 Å². The van der Waals surface area contributed by atoms with E-state index in [4.69, 9.17) is 0 Å². The zero-order chi connectivity index (χ0) is 28.1. The van der Waals surface area contributed by atoms with Gasteiger partial charge in [0, 0.05) is 47.9 Å². The van der Waals surface area contributed by atoms with E-state index in [1.807, 2.05) is 97.9 Å². The van der Waals surface area contributed by atoms with Crippen LogP contribution in [0.4, 0.5) is 5.69 Å². The van der Waals surface area contributed by atoms with E-state index in [1.165, 1.54) is 0 Å². The van der Waals surface area contributed by atoms with Gasteiger partial charge in [0.1, 0.15) is 6.04 Å². The van der Waals surface area contributed by atoms with Crippen molar-refractivity contribution in [1.29, 1.82) is 0 Å². The van der Waals surface area contributed by atoms with Crippen LogP contribution in [0.15, 0.2) is 95.5 Å². The van der Waals surface area contributed by atoms with Crippen molar-refractivity contribution in [1.82, 2.24) is 10.2 Å². The molecule has 5 rings (SSSR count). The summed E-state index contributed by atoms with van der Waals surface area (Å²) in [7, 11) is 0. The Labute approximate surface area is 243 Å². The van der Waals surface area contributed by atoms with E-state index in [0.29, 0.717) is 38.0 Å². The van der Waals surface area contributed by atoms with Crippen LogP contribution in [0.2, 0.25) is 0 Å². The van der Waals surface area contributed by atoms with Crippen LogP contribution in [0.25, 0.3) is 10.8 Å². The number of anilines is 1. The summed E-state index contributed by atoms with van der Waals surface area (Å²) in [5.74, 6) is -0.324. The number of nitrogens with zero attached hydrogens (tertiary/aromatic N) is 2. The van der Waals surface area contributed by atoms with Gasteiger partial charge in [0.15, 0.2) is 0 Å². The molecule has 0 bridgehead atoms. The van der Waals surface area contributed by atoms with Crippen LogP contribution in [-0.4, -0.2) is 41.8 Å². The van der Waals surface area contributed by atoms with Gasteiger partial charge in [0.2, 0.25) is 11.8 Å². The van der Waals surface area contributed by atoms with Gasteiger partial charge in [0.25, 0.3) is 5.91 Å². The van der Waals surface area contributed by atoms with Crippen LogP contribution < -0.4 is 10.2 Å². The Morgan fingerprint density at radius 3 is 2.40 bits per heavy atom. The van der Waals surface area contributed by atoms with Gasteiger partial charge in [0.05, 0.1) is 5.69 Å². The molecule has 1 aliphatic rings. The van der Waals surface area contributed by atoms with Crippen molar-refractivity contribution < 1.29 is 14.4 Å². The topological polar surface area (TPSA) is 69.7 Å². The summed E-state index contributed by atoms with van der Waals surface area (Å²) in [6.45, 7) is 3.09. The third-order valence-electron chi connectivity index (χ3n) is 7.29. The molecule has 0 saturated heterocycles. The standard InChI is InChI=1S/C33H32BrN3O3/c1-2-35-32(39)29(21-23-10-4-3-5-11-23)37(22-24-12-6-15-26(34)20-24)30(38)18-9-19-36-28-17-8-14-25-13-7-16-27(31(25)28)33(36)40/h3-8,10-17,20,29H,2,9,18-19,21-22H2,1H3,(H,35,39)/t29-/m0/s1. The minimum Gasteiger partial charge on any atom is -0.355 e. The van der Waals surface area contributed by atoms with E-state index in [0.717, 1.165) is 32.1 Å². The Morgan fingerprint density at radius 1 is 0.925 bits per heavy atom. The maximum Gasteiger partial charge on any atom is 0.258 e. The molecule has 1 heterocycles. The molecule has 0 spiro atoms. The molecule has 0 unspecified atom stereocenters. The maximum atomic E-state index is 13.9. The maximum absolute atomic E-state index is 13.9. The van der Waals surface area contributed by atoms with Crippen molar-refractivity contribution in [3.63, 3.8) is 0 Å². The molecule has 40 heavy (non-hydrogen) atoms. The highest BCUT2D eigenvalue weighted by atomic mass is 79.9. The Morgan fingerprint density at radius 2 is 1.65 bits per heavy atom. The quantitative estimate of drug-likeness (QED) is 0.226. The molecule has 1 N–H and O–H groups in total. The number of hydrogen-bond acceptors (Lipinski definition) is 3. The highest BCUT2D eigenvalue weighted by Gasteiger charge is 2.32. The zero-order valence-corrected chi connectivity index (χ0v) is 24.1. The van der Waals surface area contributed by atoms with E-state index in [2.05, 4.69) is 21.2 Å². The summed E-state index contributed by atoms with van der Waals surface area (Å²) in [4.78, 5) is 43.9. The lowest BCUT2D eigenvalue weighted by Gasteiger charge is -2.32. The number of nitrogens with one attached hydrogen (secondary N) is 1.